The van der Waals surface area contributed by atoms with Gasteiger partial charge >= 0.3 is 0 Å². The van der Waals surface area contributed by atoms with Crippen molar-refractivity contribution in [3.63, 3.8) is 0 Å². The van der Waals surface area contributed by atoms with Crippen LogP contribution in [0.2, 0.25) is 10.0 Å². The minimum atomic E-state index is -0.659. The molecule has 0 fully saturated rings. The van der Waals surface area contributed by atoms with Crippen LogP contribution in [-0.2, 0) is 6.42 Å². The molecule has 2 aromatic carbocycles. The minimum Gasteiger partial charge on any atom is -0.271 e. The number of benzene rings is 2. The van der Waals surface area contributed by atoms with E-state index >= 15 is 0 Å². The molecule has 1 unspecified atom stereocenters. The Bertz CT molecular complexity index is 668. The maximum atomic E-state index is 14.0. The largest absolute Gasteiger partial charge is 0.271 e. The number of rotatable bonds is 4. The molecule has 2 rings (SSSR count). The first-order chi connectivity index (χ1) is 9.93. The van der Waals surface area contributed by atoms with E-state index in [4.69, 9.17) is 29.0 Å². The van der Waals surface area contributed by atoms with Crippen LogP contribution in [0.3, 0.4) is 0 Å². The van der Waals surface area contributed by atoms with Crippen LogP contribution in [0.5, 0.6) is 0 Å². The van der Waals surface area contributed by atoms with E-state index in [1.165, 1.54) is 12.1 Å². The van der Waals surface area contributed by atoms with Gasteiger partial charge in [0.25, 0.3) is 0 Å². The van der Waals surface area contributed by atoms with E-state index in [-0.39, 0.29) is 16.5 Å². The summed E-state index contributed by atoms with van der Waals surface area (Å²) in [5, 5.41) is 0.878. The van der Waals surface area contributed by atoms with Gasteiger partial charge in [-0.1, -0.05) is 23.2 Å². The highest BCUT2D eigenvalue weighted by Gasteiger charge is 2.20. The monoisotopic (exact) mass is 394 g/mol. The Morgan fingerprint density at radius 1 is 1.19 bits per heavy atom. The number of nitrogens with one attached hydrogen (secondary N) is 1. The molecule has 7 heteroatoms. The van der Waals surface area contributed by atoms with Gasteiger partial charge in [0.1, 0.15) is 11.6 Å². The van der Waals surface area contributed by atoms with E-state index in [9.17, 15) is 8.78 Å². The van der Waals surface area contributed by atoms with Gasteiger partial charge in [-0.05, 0) is 58.2 Å². The zero-order chi connectivity index (χ0) is 15.6. The number of hydrazine groups is 1. The zero-order valence-corrected chi connectivity index (χ0v) is 13.7. The first-order valence-corrected chi connectivity index (χ1v) is 7.52. The Hall–Kier alpha value is -0.720. The van der Waals surface area contributed by atoms with E-state index in [1.807, 2.05) is 0 Å². The molecule has 0 spiro atoms. The van der Waals surface area contributed by atoms with Gasteiger partial charge in [-0.15, -0.1) is 0 Å². The minimum absolute atomic E-state index is 0.00628. The topological polar surface area (TPSA) is 38.0 Å². The third-order valence-electron chi connectivity index (χ3n) is 3.08. The summed E-state index contributed by atoms with van der Waals surface area (Å²) in [6.07, 6.45) is -0.00628. The van der Waals surface area contributed by atoms with Gasteiger partial charge in [0.15, 0.2) is 0 Å². The molecule has 0 radical (unpaired) electrons. The first kappa shape index (κ1) is 16.6. The summed E-state index contributed by atoms with van der Waals surface area (Å²) >= 11 is 15.1. The molecular formula is C14H11BrCl2F2N2. The summed E-state index contributed by atoms with van der Waals surface area (Å²) < 4.78 is 28.1. The maximum Gasteiger partial charge on any atom is 0.143 e. The van der Waals surface area contributed by atoms with Crippen LogP contribution in [0.4, 0.5) is 8.78 Å². The third-order valence-corrected chi connectivity index (χ3v) is 4.27. The molecule has 0 aromatic heterocycles. The van der Waals surface area contributed by atoms with E-state index < -0.39 is 17.7 Å². The van der Waals surface area contributed by atoms with Crippen molar-refractivity contribution in [1.82, 2.24) is 5.43 Å². The van der Waals surface area contributed by atoms with Crippen molar-refractivity contribution in [3.05, 3.63) is 67.6 Å². The molecule has 0 aliphatic rings. The van der Waals surface area contributed by atoms with Crippen LogP contribution in [-0.4, -0.2) is 0 Å². The molecule has 112 valence electrons. The number of hydrogen-bond donors (Lipinski definition) is 2. The SMILES string of the molecule is NNC(Cc1c(F)ccc(Br)c1F)c1cc(Cl)ccc1Cl. The normalized spacial score (nSPS) is 12.5. The number of halogens is 5. The summed E-state index contributed by atoms with van der Waals surface area (Å²) in [6.45, 7) is 0. The van der Waals surface area contributed by atoms with Crippen LogP contribution in [0, 0.1) is 11.6 Å². The van der Waals surface area contributed by atoms with Crippen LogP contribution in [0.1, 0.15) is 17.2 Å². The highest BCUT2D eigenvalue weighted by atomic mass is 79.9. The summed E-state index contributed by atoms with van der Waals surface area (Å²) in [4.78, 5) is 0. The van der Waals surface area contributed by atoms with Gasteiger partial charge in [-0.2, -0.15) is 0 Å². The first-order valence-electron chi connectivity index (χ1n) is 5.97. The molecule has 0 aliphatic heterocycles. The van der Waals surface area contributed by atoms with Crippen molar-refractivity contribution >= 4 is 39.1 Å². The molecule has 21 heavy (non-hydrogen) atoms. The second kappa shape index (κ2) is 7.03. The molecule has 0 bridgehead atoms. The molecular weight excluding hydrogens is 385 g/mol. The molecule has 1 atom stereocenters. The van der Waals surface area contributed by atoms with E-state index in [0.29, 0.717) is 15.6 Å². The Balaban J connectivity index is 2.40. The quantitative estimate of drug-likeness (QED) is 0.444. The maximum absolute atomic E-state index is 14.0. The summed E-state index contributed by atoms with van der Waals surface area (Å²) in [6, 6.07) is 6.77. The lowest BCUT2D eigenvalue weighted by molar-refractivity contribution is 0.498. The average Bonchev–Trinajstić information content (AvgIpc) is 2.46. The van der Waals surface area contributed by atoms with Crippen LogP contribution < -0.4 is 11.3 Å². The second-order valence-corrected chi connectivity index (χ2v) is 6.11. The fourth-order valence-corrected chi connectivity index (χ4v) is 2.80. The molecule has 3 N–H and O–H groups in total. The molecule has 2 nitrogen and oxygen atoms in total. The van der Waals surface area contributed by atoms with E-state index in [0.717, 1.165) is 0 Å². The number of hydrogen-bond acceptors (Lipinski definition) is 2. The van der Waals surface area contributed by atoms with Crippen LogP contribution in [0.15, 0.2) is 34.8 Å². The molecule has 0 heterocycles. The molecule has 0 amide bonds. The van der Waals surface area contributed by atoms with Gasteiger partial charge in [0, 0.05) is 15.6 Å². The Labute approximate surface area is 139 Å². The summed E-state index contributed by atoms with van der Waals surface area (Å²) in [5.41, 5.74) is 3.01. The van der Waals surface area contributed by atoms with Gasteiger partial charge in [0.2, 0.25) is 0 Å². The fourth-order valence-electron chi connectivity index (χ4n) is 2.00. The predicted molar refractivity (Wildman–Crippen MR) is 84.3 cm³/mol. The van der Waals surface area contributed by atoms with Crippen LogP contribution in [0.25, 0.3) is 0 Å². The lowest BCUT2D eigenvalue weighted by Gasteiger charge is -2.19. The van der Waals surface area contributed by atoms with Crippen molar-refractivity contribution < 1.29 is 8.78 Å². The zero-order valence-electron chi connectivity index (χ0n) is 10.6. The van der Waals surface area contributed by atoms with Gasteiger partial charge in [-0.3, -0.25) is 11.3 Å². The Morgan fingerprint density at radius 3 is 2.57 bits per heavy atom. The predicted octanol–water partition coefficient (Wildman–Crippen LogP) is 4.78. The van der Waals surface area contributed by atoms with E-state index in [1.54, 1.807) is 18.2 Å². The summed E-state index contributed by atoms with van der Waals surface area (Å²) in [5.74, 6) is 4.20. The summed E-state index contributed by atoms with van der Waals surface area (Å²) in [7, 11) is 0. The molecule has 0 aliphatic carbocycles. The third kappa shape index (κ3) is 3.73. The lowest BCUT2D eigenvalue weighted by Crippen LogP contribution is -2.30. The highest BCUT2D eigenvalue weighted by molar-refractivity contribution is 9.10. The van der Waals surface area contributed by atoms with Crippen molar-refractivity contribution in [1.29, 1.82) is 0 Å². The standard InChI is InChI=1S/C14H11BrCl2F2N2/c15-10-2-4-12(18)9(14(10)19)6-13(21-20)8-5-7(16)1-3-11(8)17/h1-5,13,21H,6,20H2. The van der Waals surface area contributed by atoms with Crippen molar-refractivity contribution in [2.75, 3.05) is 0 Å². The Kier molecular flexibility index (Phi) is 5.57. The molecule has 0 saturated carbocycles. The molecule has 2 aromatic rings. The smallest absolute Gasteiger partial charge is 0.143 e. The highest BCUT2D eigenvalue weighted by Crippen LogP contribution is 2.31. The van der Waals surface area contributed by atoms with Crippen molar-refractivity contribution in [2.45, 2.75) is 12.5 Å². The van der Waals surface area contributed by atoms with Crippen molar-refractivity contribution in [3.8, 4) is 0 Å². The fraction of sp³-hybridized carbons (Fsp3) is 0.143. The van der Waals surface area contributed by atoms with E-state index in [2.05, 4.69) is 21.4 Å². The van der Waals surface area contributed by atoms with Crippen LogP contribution >= 0.6 is 39.1 Å². The average molecular weight is 396 g/mol. The second-order valence-electron chi connectivity index (χ2n) is 4.41. The van der Waals surface area contributed by atoms with Gasteiger partial charge < -0.3 is 0 Å². The van der Waals surface area contributed by atoms with Gasteiger partial charge in [0.05, 0.1) is 10.5 Å². The number of nitrogens with two attached hydrogens (primary N) is 1. The lowest BCUT2D eigenvalue weighted by atomic mass is 9.98. The van der Waals surface area contributed by atoms with Crippen molar-refractivity contribution in [2.24, 2.45) is 5.84 Å². The Morgan fingerprint density at radius 2 is 1.90 bits per heavy atom. The molecule has 0 saturated heterocycles. The van der Waals surface area contributed by atoms with Gasteiger partial charge in [-0.25, -0.2) is 8.78 Å².